The molecule has 162 valence electrons. The van der Waals surface area contributed by atoms with Gasteiger partial charge in [0.05, 0.1) is 4.90 Å². The molecule has 1 aromatic carbocycles. The summed E-state index contributed by atoms with van der Waals surface area (Å²) in [5.74, 6) is -0.651. The van der Waals surface area contributed by atoms with Crippen molar-refractivity contribution in [2.24, 2.45) is 5.92 Å². The van der Waals surface area contributed by atoms with E-state index >= 15 is 0 Å². The van der Waals surface area contributed by atoms with Crippen molar-refractivity contribution in [1.82, 2.24) is 9.21 Å². The van der Waals surface area contributed by atoms with Gasteiger partial charge in [-0.1, -0.05) is 6.92 Å². The summed E-state index contributed by atoms with van der Waals surface area (Å²) in [6.07, 6.45) is 1.29. The standard InChI is InChI=1S/C20H29FN2O5S/c1-15-10-13-23(14-11-15)20(25)16(2)28-19(24)5-4-12-22(3)29(26,27)18-8-6-17(21)7-9-18/h6-9,15-16H,4-5,10-14H2,1-3H3. The van der Waals surface area contributed by atoms with E-state index in [-0.39, 0.29) is 30.2 Å². The van der Waals surface area contributed by atoms with Gasteiger partial charge in [-0.2, -0.15) is 0 Å². The zero-order chi connectivity index (χ0) is 21.6. The van der Waals surface area contributed by atoms with Crippen molar-refractivity contribution < 1.29 is 27.1 Å². The predicted octanol–water partition coefficient (Wildman–Crippen LogP) is 2.42. The lowest BCUT2D eigenvalue weighted by Gasteiger charge is -2.31. The third-order valence-corrected chi connectivity index (χ3v) is 7.00. The molecule has 9 heteroatoms. The van der Waals surface area contributed by atoms with E-state index in [9.17, 15) is 22.4 Å². The zero-order valence-corrected chi connectivity index (χ0v) is 18.0. The van der Waals surface area contributed by atoms with Crippen molar-refractivity contribution in [1.29, 1.82) is 0 Å². The smallest absolute Gasteiger partial charge is 0.306 e. The molecule has 0 spiro atoms. The Hall–Kier alpha value is -2.00. The Balaban J connectivity index is 1.77. The highest BCUT2D eigenvalue weighted by molar-refractivity contribution is 7.89. The summed E-state index contributed by atoms with van der Waals surface area (Å²) in [6, 6.07) is 4.56. The Labute approximate surface area is 171 Å². The molecule has 1 heterocycles. The largest absolute Gasteiger partial charge is 0.453 e. The molecule has 29 heavy (non-hydrogen) atoms. The van der Waals surface area contributed by atoms with Crippen LogP contribution in [0.5, 0.6) is 0 Å². The van der Waals surface area contributed by atoms with Crippen LogP contribution >= 0.6 is 0 Å². The van der Waals surface area contributed by atoms with Crippen molar-refractivity contribution in [3.8, 4) is 0 Å². The van der Waals surface area contributed by atoms with Crippen LogP contribution in [0.3, 0.4) is 0 Å². The summed E-state index contributed by atoms with van der Waals surface area (Å²) in [6.45, 7) is 5.16. The Morgan fingerprint density at radius 1 is 1.24 bits per heavy atom. The van der Waals surface area contributed by atoms with Crippen LogP contribution in [0.15, 0.2) is 29.2 Å². The van der Waals surface area contributed by atoms with E-state index in [1.54, 1.807) is 11.8 Å². The molecule has 1 aromatic rings. The molecule has 0 aromatic heterocycles. The summed E-state index contributed by atoms with van der Waals surface area (Å²) in [4.78, 5) is 26.1. The van der Waals surface area contributed by atoms with Crippen molar-refractivity contribution >= 4 is 21.9 Å². The number of sulfonamides is 1. The van der Waals surface area contributed by atoms with E-state index in [0.717, 1.165) is 29.3 Å². The topological polar surface area (TPSA) is 84.0 Å². The van der Waals surface area contributed by atoms with Crippen LogP contribution < -0.4 is 0 Å². The number of benzene rings is 1. The van der Waals surface area contributed by atoms with Crippen molar-refractivity contribution in [2.45, 2.75) is 50.5 Å². The molecule has 0 N–H and O–H groups in total. The first-order chi connectivity index (χ1) is 13.6. The van der Waals surface area contributed by atoms with E-state index < -0.39 is 27.9 Å². The molecule has 1 amide bonds. The highest BCUT2D eigenvalue weighted by Crippen LogP contribution is 2.18. The molecule has 0 saturated carbocycles. The second-order valence-electron chi connectivity index (χ2n) is 7.52. The highest BCUT2D eigenvalue weighted by atomic mass is 32.2. The van der Waals surface area contributed by atoms with Crippen LogP contribution in [0, 0.1) is 11.7 Å². The summed E-state index contributed by atoms with van der Waals surface area (Å²) >= 11 is 0. The number of halogens is 1. The lowest BCUT2D eigenvalue weighted by atomic mass is 9.99. The maximum absolute atomic E-state index is 13.0. The highest BCUT2D eigenvalue weighted by Gasteiger charge is 2.27. The van der Waals surface area contributed by atoms with E-state index in [1.807, 2.05) is 0 Å². The molecule has 1 saturated heterocycles. The third-order valence-electron chi connectivity index (χ3n) is 5.13. The number of likely N-dealkylation sites (tertiary alicyclic amines) is 1. The average molecular weight is 429 g/mol. The number of ether oxygens (including phenoxy) is 1. The number of rotatable bonds is 8. The second-order valence-corrected chi connectivity index (χ2v) is 9.57. The van der Waals surface area contributed by atoms with Gasteiger partial charge in [-0.3, -0.25) is 9.59 Å². The first-order valence-corrected chi connectivity index (χ1v) is 11.3. The number of hydrogen-bond donors (Lipinski definition) is 0. The third kappa shape index (κ3) is 6.50. The van der Waals surface area contributed by atoms with Crippen LogP contribution in [0.25, 0.3) is 0 Å². The van der Waals surface area contributed by atoms with Crippen molar-refractivity contribution in [3.05, 3.63) is 30.1 Å². The van der Waals surface area contributed by atoms with Gasteiger partial charge < -0.3 is 9.64 Å². The van der Waals surface area contributed by atoms with Gasteiger partial charge in [0, 0.05) is 33.1 Å². The first kappa shape index (κ1) is 23.3. The minimum Gasteiger partial charge on any atom is -0.453 e. The Morgan fingerprint density at radius 2 is 1.83 bits per heavy atom. The van der Waals surface area contributed by atoms with Crippen molar-refractivity contribution in [3.63, 3.8) is 0 Å². The summed E-state index contributed by atoms with van der Waals surface area (Å²) in [5.41, 5.74) is 0. The molecular weight excluding hydrogens is 399 g/mol. The molecule has 0 aliphatic carbocycles. The van der Waals surface area contributed by atoms with Gasteiger partial charge in [0.2, 0.25) is 10.0 Å². The van der Waals surface area contributed by atoms with Crippen LogP contribution in [0.4, 0.5) is 4.39 Å². The molecule has 1 aliphatic rings. The Bertz CT molecular complexity index is 805. The van der Waals surface area contributed by atoms with Crippen LogP contribution in [-0.4, -0.2) is 62.3 Å². The number of carbonyl (C=O) groups excluding carboxylic acids is 2. The Morgan fingerprint density at radius 3 is 2.41 bits per heavy atom. The van der Waals surface area contributed by atoms with Crippen LogP contribution in [0.1, 0.15) is 39.5 Å². The fraction of sp³-hybridized carbons (Fsp3) is 0.600. The molecule has 0 radical (unpaired) electrons. The van der Waals surface area contributed by atoms with E-state index in [1.165, 1.54) is 19.2 Å². The van der Waals surface area contributed by atoms with Gasteiger partial charge in [0.15, 0.2) is 6.10 Å². The molecule has 1 aliphatic heterocycles. The van der Waals surface area contributed by atoms with Gasteiger partial charge >= 0.3 is 5.97 Å². The maximum Gasteiger partial charge on any atom is 0.306 e. The molecule has 2 rings (SSSR count). The monoisotopic (exact) mass is 428 g/mol. The molecular formula is C20H29FN2O5S. The first-order valence-electron chi connectivity index (χ1n) is 9.81. The number of carbonyl (C=O) groups is 2. The minimum absolute atomic E-state index is 0.00205. The quantitative estimate of drug-likeness (QED) is 0.594. The van der Waals surface area contributed by atoms with Gasteiger partial charge in [0.25, 0.3) is 5.91 Å². The molecule has 1 atom stereocenters. The van der Waals surface area contributed by atoms with E-state index in [2.05, 4.69) is 6.92 Å². The molecule has 1 fully saturated rings. The molecule has 7 nitrogen and oxygen atoms in total. The number of nitrogens with zero attached hydrogens (tertiary/aromatic N) is 2. The zero-order valence-electron chi connectivity index (χ0n) is 17.1. The summed E-state index contributed by atoms with van der Waals surface area (Å²) in [5, 5.41) is 0. The summed E-state index contributed by atoms with van der Waals surface area (Å²) in [7, 11) is -2.36. The normalized spacial score (nSPS) is 16.7. The van der Waals surface area contributed by atoms with Gasteiger partial charge in [-0.25, -0.2) is 17.1 Å². The lowest BCUT2D eigenvalue weighted by molar-refractivity contribution is -0.159. The molecule has 1 unspecified atom stereocenters. The number of piperidine rings is 1. The average Bonchev–Trinajstić information content (AvgIpc) is 2.68. The fourth-order valence-electron chi connectivity index (χ4n) is 3.15. The van der Waals surface area contributed by atoms with Gasteiger partial charge in [0.1, 0.15) is 5.82 Å². The fourth-order valence-corrected chi connectivity index (χ4v) is 4.35. The minimum atomic E-state index is -3.76. The second kappa shape index (κ2) is 10.2. The Kier molecular flexibility index (Phi) is 8.15. The van der Waals surface area contributed by atoms with E-state index in [4.69, 9.17) is 4.74 Å². The van der Waals surface area contributed by atoms with Gasteiger partial charge in [-0.05, 0) is 56.4 Å². The van der Waals surface area contributed by atoms with Crippen molar-refractivity contribution in [2.75, 3.05) is 26.7 Å². The van der Waals surface area contributed by atoms with Crippen LogP contribution in [-0.2, 0) is 24.3 Å². The summed E-state index contributed by atoms with van der Waals surface area (Å²) < 4.78 is 44.1. The SMILES string of the molecule is CC1CCN(C(=O)C(C)OC(=O)CCCN(C)S(=O)(=O)c2ccc(F)cc2)CC1. The maximum atomic E-state index is 13.0. The number of hydrogen-bond acceptors (Lipinski definition) is 5. The molecule has 0 bridgehead atoms. The predicted molar refractivity (Wildman–Crippen MR) is 106 cm³/mol. The van der Waals surface area contributed by atoms with Gasteiger partial charge in [-0.15, -0.1) is 0 Å². The van der Waals surface area contributed by atoms with Crippen LogP contribution in [0.2, 0.25) is 0 Å². The van der Waals surface area contributed by atoms with E-state index in [0.29, 0.717) is 19.0 Å². The lowest BCUT2D eigenvalue weighted by Crippen LogP contribution is -2.44. The number of esters is 1. The number of amides is 1.